The molecule has 0 saturated heterocycles. The molecule has 3 aromatic carbocycles. The van der Waals surface area contributed by atoms with Gasteiger partial charge in [0.05, 0.1) is 5.02 Å². The average Bonchev–Trinajstić information content (AvgIpc) is 2.71. The Morgan fingerprint density at radius 2 is 1.73 bits per heavy atom. The topological polar surface area (TPSA) is 62.1 Å². The van der Waals surface area contributed by atoms with Crippen LogP contribution in [0.4, 0.5) is 5.69 Å². The molecular formula is C23H15Cl3N2O2. The van der Waals surface area contributed by atoms with Crippen molar-refractivity contribution in [2.45, 2.75) is 6.61 Å². The third-order valence-corrected chi connectivity index (χ3v) is 4.76. The molecule has 1 amide bonds. The van der Waals surface area contributed by atoms with Crippen LogP contribution in [0.25, 0.3) is 6.08 Å². The number of amides is 1. The summed E-state index contributed by atoms with van der Waals surface area (Å²) in [6.07, 6.45) is 1.45. The average molecular weight is 458 g/mol. The van der Waals surface area contributed by atoms with E-state index in [2.05, 4.69) is 5.32 Å². The normalized spacial score (nSPS) is 10.9. The molecule has 4 nitrogen and oxygen atoms in total. The van der Waals surface area contributed by atoms with Gasteiger partial charge in [0, 0.05) is 15.7 Å². The minimum absolute atomic E-state index is 0.0707. The van der Waals surface area contributed by atoms with Crippen LogP contribution < -0.4 is 10.1 Å². The van der Waals surface area contributed by atoms with Crippen molar-refractivity contribution in [2.24, 2.45) is 0 Å². The number of nitrogens with zero attached hydrogens (tertiary/aromatic N) is 1. The van der Waals surface area contributed by atoms with Crippen LogP contribution in [0.1, 0.15) is 11.1 Å². The van der Waals surface area contributed by atoms with E-state index in [1.165, 1.54) is 6.08 Å². The Kier molecular flexibility index (Phi) is 7.37. The predicted molar refractivity (Wildman–Crippen MR) is 121 cm³/mol. The van der Waals surface area contributed by atoms with Gasteiger partial charge in [0.2, 0.25) is 0 Å². The summed E-state index contributed by atoms with van der Waals surface area (Å²) >= 11 is 18.2. The van der Waals surface area contributed by atoms with Gasteiger partial charge >= 0.3 is 0 Å². The fourth-order valence-corrected chi connectivity index (χ4v) is 3.24. The zero-order valence-corrected chi connectivity index (χ0v) is 17.8. The third kappa shape index (κ3) is 6.01. The van der Waals surface area contributed by atoms with Gasteiger partial charge in [0.1, 0.15) is 24.0 Å². The van der Waals surface area contributed by atoms with Crippen LogP contribution in [-0.4, -0.2) is 5.91 Å². The van der Waals surface area contributed by atoms with Crippen LogP contribution in [0.3, 0.4) is 0 Å². The molecule has 3 rings (SSSR count). The van der Waals surface area contributed by atoms with Gasteiger partial charge in [-0.25, -0.2) is 0 Å². The minimum atomic E-state index is -0.544. The highest BCUT2D eigenvalue weighted by atomic mass is 35.5. The molecule has 0 atom stereocenters. The van der Waals surface area contributed by atoms with Crippen LogP contribution in [0.2, 0.25) is 15.1 Å². The van der Waals surface area contributed by atoms with Crippen molar-refractivity contribution in [3.8, 4) is 11.8 Å². The first-order valence-electron chi connectivity index (χ1n) is 8.80. The highest BCUT2D eigenvalue weighted by Crippen LogP contribution is 2.27. The summed E-state index contributed by atoms with van der Waals surface area (Å²) in [5.41, 5.74) is 1.93. The predicted octanol–water partition coefficient (Wildman–Crippen LogP) is 6.77. The van der Waals surface area contributed by atoms with Gasteiger partial charge < -0.3 is 10.1 Å². The summed E-state index contributed by atoms with van der Waals surface area (Å²) in [7, 11) is 0. The molecule has 7 heteroatoms. The van der Waals surface area contributed by atoms with E-state index in [-0.39, 0.29) is 5.57 Å². The Labute approximate surface area is 189 Å². The molecule has 0 radical (unpaired) electrons. The molecule has 0 aliphatic carbocycles. The van der Waals surface area contributed by atoms with Gasteiger partial charge in [-0.1, -0.05) is 59.1 Å². The minimum Gasteiger partial charge on any atom is -0.487 e. The van der Waals surface area contributed by atoms with E-state index in [0.717, 1.165) is 5.56 Å². The molecule has 150 valence electrons. The Morgan fingerprint density at radius 3 is 2.40 bits per heavy atom. The highest BCUT2D eigenvalue weighted by molar-refractivity contribution is 6.32. The fourth-order valence-electron chi connectivity index (χ4n) is 2.59. The quantitative estimate of drug-likeness (QED) is 0.328. The van der Waals surface area contributed by atoms with E-state index in [9.17, 15) is 10.1 Å². The van der Waals surface area contributed by atoms with E-state index in [4.69, 9.17) is 39.5 Å². The number of ether oxygens (including phenoxy) is 1. The number of halogens is 3. The first-order valence-corrected chi connectivity index (χ1v) is 9.93. The molecule has 3 aromatic rings. The Hall–Kier alpha value is -2.97. The summed E-state index contributed by atoms with van der Waals surface area (Å²) in [6, 6.07) is 20.9. The summed E-state index contributed by atoms with van der Waals surface area (Å²) in [5, 5.41) is 13.5. The van der Waals surface area contributed by atoms with Gasteiger partial charge in [-0.3, -0.25) is 4.79 Å². The van der Waals surface area contributed by atoms with Crippen molar-refractivity contribution in [2.75, 3.05) is 5.32 Å². The number of hydrogen-bond donors (Lipinski definition) is 1. The van der Waals surface area contributed by atoms with Gasteiger partial charge in [-0.2, -0.15) is 5.26 Å². The van der Waals surface area contributed by atoms with Crippen LogP contribution in [-0.2, 0) is 11.4 Å². The summed E-state index contributed by atoms with van der Waals surface area (Å²) in [4.78, 5) is 12.4. The number of nitrogens with one attached hydrogen (secondary N) is 1. The van der Waals surface area contributed by atoms with Crippen molar-refractivity contribution in [3.05, 3.63) is 98.5 Å². The van der Waals surface area contributed by atoms with E-state index in [0.29, 0.717) is 38.7 Å². The first-order chi connectivity index (χ1) is 14.4. The third-order valence-electron chi connectivity index (χ3n) is 4.00. The number of nitriles is 1. The van der Waals surface area contributed by atoms with E-state index in [1.54, 1.807) is 48.5 Å². The van der Waals surface area contributed by atoms with E-state index >= 15 is 0 Å². The highest BCUT2D eigenvalue weighted by Gasteiger charge is 2.11. The number of benzene rings is 3. The van der Waals surface area contributed by atoms with Crippen LogP contribution in [0.15, 0.2) is 72.3 Å². The maximum absolute atomic E-state index is 12.4. The SMILES string of the molecule is N#C/C(=C\c1ccc(OCc2cccc(Cl)c2)c(Cl)c1)C(=O)Nc1cccc(Cl)c1. The second-order valence-electron chi connectivity index (χ2n) is 6.24. The zero-order valence-electron chi connectivity index (χ0n) is 15.5. The molecule has 30 heavy (non-hydrogen) atoms. The van der Waals surface area contributed by atoms with Gasteiger partial charge in [-0.05, 0) is 59.7 Å². The van der Waals surface area contributed by atoms with E-state index < -0.39 is 5.91 Å². The lowest BCUT2D eigenvalue weighted by Crippen LogP contribution is -2.13. The monoisotopic (exact) mass is 456 g/mol. The van der Waals surface area contributed by atoms with Crippen molar-refractivity contribution >= 4 is 52.5 Å². The fraction of sp³-hybridized carbons (Fsp3) is 0.0435. The van der Waals surface area contributed by atoms with Crippen molar-refractivity contribution in [1.82, 2.24) is 0 Å². The number of hydrogen-bond acceptors (Lipinski definition) is 3. The summed E-state index contributed by atoms with van der Waals surface area (Å²) in [6.45, 7) is 0.307. The van der Waals surface area contributed by atoms with Crippen molar-refractivity contribution in [1.29, 1.82) is 5.26 Å². The van der Waals surface area contributed by atoms with Crippen LogP contribution >= 0.6 is 34.8 Å². The Bertz CT molecular complexity index is 1150. The molecule has 0 bridgehead atoms. The second kappa shape index (κ2) is 10.2. The molecule has 0 saturated carbocycles. The number of carbonyl (C=O) groups excluding carboxylic acids is 1. The smallest absolute Gasteiger partial charge is 0.266 e. The molecule has 0 aliphatic heterocycles. The number of rotatable bonds is 6. The standard InChI is InChI=1S/C23H15Cl3N2O2/c24-18-4-1-3-16(10-18)14-30-22-8-7-15(11-21(22)26)9-17(13-27)23(29)28-20-6-2-5-19(25)12-20/h1-12H,14H2,(H,28,29)/b17-9+. The number of anilines is 1. The lowest BCUT2D eigenvalue weighted by atomic mass is 10.1. The zero-order chi connectivity index (χ0) is 21.5. The van der Waals surface area contributed by atoms with Crippen molar-refractivity contribution in [3.63, 3.8) is 0 Å². The largest absolute Gasteiger partial charge is 0.487 e. The number of carbonyl (C=O) groups is 1. The molecule has 0 aliphatic rings. The molecule has 0 heterocycles. The van der Waals surface area contributed by atoms with Gasteiger partial charge in [-0.15, -0.1) is 0 Å². The van der Waals surface area contributed by atoms with Gasteiger partial charge in [0.25, 0.3) is 5.91 Å². The van der Waals surface area contributed by atoms with E-state index in [1.807, 2.05) is 24.3 Å². The lowest BCUT2D eigenvalue weighted by Gasteiger charge is -2.09. The molecule has 0 aromatic heterocycles. The first kappa shape index (κ1) is 21.7. The molecule has 0 fully saturated rings. The van der Waals surface area contributed by atoms with Crippen LogP contribution in [0.5, 0.6) is 5.75 Å². The Balaban J connectivity index is 1.71. The Morgan fingerprint density at radius 1 is 1.00 bits per heavy atom. The maximum atomic E-state index is 12.4. The van der Waals surface area contributed by atoms with Crippen molar-refractivity contribution < 1.29 is 9.53 Å². The molecule has 1 N–H and O–H groups in total. The molecule has 0 spiro atoms. The maximum Gasteiger partial charge on any atom is 0.266 e. The summed E-state index contributed by atoms with van der Waals surface area (Å²) < 4.78 is 5.73. The van der Waals surface area contributed by atoms with Gasteiger partial charge in [0.15, 0.2) is 0 Å². The summed E-state index contributed by atoms with van der Waals surface area (Å²) in [5.74, 6) is -0.0622. The molecule has 0 unspecified atom stereocenters. The second-order valence-corrected chi connectivity index (χ2v) is 7.52. The lowest BCUT2D eigenvalue weighted by molar-refractivity contribution is -0.112. The van der Waals surface area contributed by atoms with Crippen LogP contribution in [0, 0.1) is 11.3 Å². The molecular weight excluding hydrogens is 443 g/mol.